The van der Waals surface area contributed by atoms with E-state index >= 15 is 0 Å². The van der Waals surface area contributed by atoms with Gasteiger partial charge in [-0.1, -0.05) is 69.3 Å². The van der Waals surface area contributed by atoms with Gasteiger partial charge in [0, 0.05) is 18.9 Å². The Balaban J connectivity index is 1.62. The summed E-state index contributed by atoms with van der Waals surface area (Å²) >= 11 is 0. The van der Waals surface area contributed by atoms with E-state index in [0.717, 1.165) is 22.3 Å². The van der Waals surface area contributed by atoms with E-state index in [0.29, 0.717) is 0 Å². The monoisotopic (exact) mass is 454 g/mol. The Labute approximate surface area is 193 Å². The zero-order chi connectivity index (χ0) is 24.2. The molecule has 0 radical (unpaired) electrons. The van der Waals surface area contributed by atoms with Crippen LogP contribution in [0.4, 0.5) is 4.79 Å². The molecule has 1 aliphatic carbocycles. The van der Waals surface area contributed by atoms with Gasteiger partial charge < -0.3 is 25.6 Å². The molecule has 0 spiro atoms. The molecule has 2 aromatic carbocycles. The highest BCUT2D eigenvalue weighted by Gasteiger charge is 2.34. The van der Waals surface area contributed by atoms with E-state index in [1.165, 1.54) is 0 Å². The number of alkyl carbamates (subject to hydrolysis) is 1. The highest BCUT2D eigenvalue weighted by atomic mass is 16.5. The SMILES string of the molecule is CC(C)(C)C(NC(=O)OCC1c2ccccc2-c2ccccc21)C(=O)NCCC(O)C(=O)O. The molecule has 2 amide bonds. The van der Waals surface area contributed by atoms with E-state index in [-0.39, 0.29) is 25.5 Å². The molecule has 33 heavy (non-hydrogen) atoms. The molecule has 2 atom stereocenters. The first kappa shape index (κ1) is 24.3. The van der Waals surface area contributed by atoms with Crippen molar-refractivity contribution in [1.29, 1.82) is 0 Å². The van der Waals surface area contributed by atoms with Gasteiger partial charge in [0.05, 0.1) is 0 Å². The molecular weight excluding hydrogens is 424 g/mol. The Morgan fingerprint density at radius 2 is 1.55 bits per heavy atom. The molecule has 1 aliphatic rings. The Morgan fingerprint density at radius 1 is 1.00 bits per heavy atom. The number of carbonyl (C=O) groups excluding carboxylic acids is 2. The van der Waals surface area contributed by atoms with E-state index in [1.807, 2.05) is 36.4 Å². The van der Waals surface area contributed by atoms with Crippen molar-refractivity contribution in [1.82, 2.24) is 10.6 Å². The van der Waals surface area contributed by atoms with Crippen molar-refractivity contribution in [2.75, 3.05) is 13.2 Å². The third kappa shape index (κ3) is 5.70. The van der Waals surface area contributed by atoms with Crippen LogP contribution in [0.25, 0.3) is 11.1 Å². The molecule has 0 saturated carbocycles. The van der Waals surface area contributed by atoms with Crippen LogP contribution in [-0.2, 0) is 14.3 Å². The average Bonchev–Trinajstić information content (AvgIpc) is 3.08. The van der Waals surface area contributed by atoms with Crippen molar-refractivity contribution in [2.45, 2.75) is 45.3 Å². The predicted molar refractivity (Wildman–Crippen MR) is 123 cm³/mol. The molecular formula is C25H30N2O6. The maximum absolute atomic E-state index is 12.7. The van der Waals surface area contributed by atoms with Crippen LogP contribution >= 0.6 is 0 Å². The van der Waals surface area contributed by atoms with Gasteiger partial charge in [0.15, 0.2) is 6.10 Å². The number of rotatable bonds is 8. The summed E-state index contributed by atoms with van der Waals surface area (Å²) in [7, 11) is 0. The van der Waals surface area contributed by atoms with Crippen LogP contribution in [-0.4, -0.2) is 53.5 Å². The van der Waals surface area contributed by atoms with Crippen molar-refractivity contribution in [3.8, 4) is 11.1 Å². The molecule has 176 valence electrons. The first-order chi connectivity index (χ1) is 15.6. The van der Waals surface area contributed by atoms with Crippen molar-refractivity contribution in [2.24, 2.45) is 5.41 Å². The fraction of sp³-hybridized carbons (Fsp3) is 0.400. The lowest BCUT2D eigenvalue weighted by atomic mass is 9.86. The molecule has 8 heteroatoms. The quantitative estimate of drug-likeness (QED) is 0.486. The lowest BCUT2D eigenvalue weighted by Crippen LogP contribution is -2.54. The molecule has 0 fully saturated rings. The number of hydrogen-bond donors (Lipinski definition) is 4. The Bertz CT molecular complexity index is 984. The van der Waals surface area contributed by atoms with Crippen LogP contribution in [0.5, 0.6) is 0 Å². The van der Waals surface area contributed by atoms with Crippen LogP contribution in [0, 0.1) is 5.41 Å². The summed E-state index contributed by atoms with van der Waals surface area (Å²) in [4.78, 5) is 36.0. The largest absolute Gasteiger partial charge is 0.479 e. The molecule has 2 aromatic rings. The first-order valence-electron chi connectivity index (χ1n) is 10.9. The Hall–Kier alpha value is -3.39. The molecule has 2 unspecified atom stereocenters. The number of carbonyl (C=O) groups is 3. The second-order valence-electron chi connectivity index (χ2n) is 9.20. The number of carboxylic acid groups (broad SMARTS) is 1. The summed E-state index contributed by atoms with van der Waals surface area (Å²) in [6.07, 6.45) is -2.41. The summed E-state index contributed by atoms with van der Waals surface area (Å²) in [6.45, 7) is 5.49. The maximum atomic E-state index is 12.7. The highest BCUT2D eigenvalue weighted by Crippen LogP contribution is 2.44. The second-order valence-corrected chi connectivity index (χ2v) is 9.20. The van der Waals surface area contributed by atoms with Crippen LogP contribution in [0.3, 0.4) is 0 Å². The molecule has 3 rings (SSSR count). The van der Waals surface area contributed by atoms with Gasteiger partial charge >= 0.3 is 12.1 Å². The standard InChI is InChI=1S/C25H30N2O6/c1-25(2,3)21(22(29)26-13-12-20(28)23(30)31)27-24(32)33-14-19-17-10-6-4-8-15(17)16-9-5-7-11-18(16)19/h4-11,19-21,28H,12-14H2,1-3H3,(H,26,29)(H,27,32)(H,30,31). The molecule has 0 aliphatic heterocycles. The number of aliphatic hydroxyl groups is 1. The minimum absolute atomic E-state index is 0.0365. The second kappa shape index (κ2) is 10.0. The van der Waals surface area contributed by atoms with Crippen molar-refractivity contribution >= 4 is 18.0 Å². The van der Waals surface area contributed by atoms with Crippen molar-refractivity contribution < 1.29 is 29.3 Å². The Morgan fingerprint density at radius 3 is 2.06 bits per heavy atom. The van der Waals surface area contributed by atoms with E-state index in [1.54, 1.807) is 20.8 Å². The normalized spacial score (nSPS) is 14.5. The summed E-state index contributed by atoms with van der Waals surface area (Å²) in [6, 6.07) is 15.1. The Kier molecular flexibility index (Phi) is 7.38. The number of hydrogen-bond acceptors (Lipinski definition) is 5. The number of aliphatic hydroxyl groups excluding tert-OH is 1. The molecule has 0 saturated heterocycles. The van der Waals surface area contributed by atoms with Crippen LogP contribution in [0.2, 0.25) is 0 Å². The van der Waals surface area contributed by atoms with E-state index in [2.05, 4.69) is 22.8 Å². The average molecular weight is 455 g/mol. The maximum Gasteiger partial charge on any atom is 0.407 e. The number of amides is 2. The van der Waals surface area contributed by atoms with Gasteiger partial charge in [0.2, 0.25) is 5.91 Å². The van der Waals surface area contributed by atoms with E-state index in [9.17, 15) is 19.5 Å². The van der Waals surface area contributed by atoms with Gasteiger partial charge in [-0.3, -0.25) is 4.79 Å². The van der Waals surface area contributed by atoms with Crippen LogP contribution in [0.1, 0.15) is 44.2 Å². The minimum atomic E-state index is -1.56. The zero-order valence-electron chi connectivity index (χ0n) is 19.0. The summed E-state index contributed by atoms with van der Waals surface area (Å²) in [5, 5.41) is 23.3. The molecule has 0 heterocycles. The van der Waals surface area contributed by atoms with Gasteiger partial charge in [0.1, 0.15) is 12.6 Å². The highest BCUT2D eigenvalue weighted by molar-refractivity contribution is 5.86. The summed E-state index contributed by atoms with van der Waals surface area (Å²) < 4.78 is 5.54. The number of aliphatic carboxylic acids is 1. The lowest BCUT2D eigenvalue weighted by molar-refractivity contribution is -0.147. The smallest absolute Gasteiger partial charge is 0.407 e. The number of fused-ring (bicyclic) bond motifs is 3. The van der Waals surface area contributed by atoms with Crippen LogP contribution < -0.4 is 10.6 Å². The number of benzene rings is 2. The van der Waals surface area contributed by atoms with Gasteiger partial charge in [-0.05, 0) is 27.7 Å². The molecule has 0 bridgehead atoms. The van der Waals surface area contributed by atoms with Gasteiger partial charge in [0.25, 0.3) is 0 Å². The van der Waals surface area contributed by atoms with Crippen molar-refractivity contribution in [3.05, 3.63) is 59.7 Å². The molecule has 8 nitrogen and oxygen atoms in total. The van der Waals surface area contributed by atoms with Gasteiger partial charge in [-0.2, -0.15) is 0 Å². The summed E-state index contributed by atoms with van der Waals surface area (Å²) in [5.41, 5.74) is 3.80. The third-order valence-corrected chi connectivity index (χ3v) is 5.74. The molecule has 0 aromatic heterocycles. The van der Waals surface area contributed by atoms with Gasteiger partial charge in [-0.25, -0.2) is 9.59 Å². The lowest BCUT2D eigenvalue weighted by Gasteiger charge is -2.30. The van der Waals surface area contributed by atoms with Crippen LogP contribution in [0.15, 0.2) is 48.5 Å². The number of nitrogens with one attached hydrogen (secondary N) is 2. The summed E-state index contributed by atoms with van der Waals surface area (Å²) in [5.74, 6) is -1.93. The fourth-order valence-corrected chi connectivity index (χ4v) is 3.99. The molecule has 4 N–H and O–H groups in total. The number of carboxylic acids is 1. The third-order valence-electron chi connectivity index (χ3n) is 5.74. The zero-order valence-corrected chi connectivity index (χ0v) is 19.0. The topological polar surface area (TPSA) is 125 Å². The fourth-order valence-electron chi connectivity index (χ4n) is 3.99. The van der Waals surface area contributed by atoms with E-state index in [4.69, 9.17) is 9.84 Å². The minimum Gasteiger partial charge on any atom is -0.479 e. The van der Waals surface area contributed by atoms with E-state index < -0.39 is 35.5 Å². The first-order valence-corrected chi connectivity index (χ1v) is 10.9. The predicted octanol–water partition coefficient (Wildman–Crippen LogP) is 2.89. The number of ether oxygens (including phenoxy) is 1. The van der Waals surface area contributed by atoms with Gasteiger partial charge in [-0.15, -0.1) is 0 Å². The van der Waals surface area contributed by atoms with Crippen molar-refractivity contribution in [3.63, 3.8) is 0 Å².